The van der Waals surface area contributed by atoms with Crippen molar-refractivity contribution in [2.24, 2.45) is 0 Å². The molecule has 1 aromatic rings. The summed E-state index contributed by atoms with van der Waals surface area (Å²) in [6, 6.07) is 5.43. The highest BCUT2D eigenvalue weighted by molar-refractivity contribution is 5.97. The van der Waals surface area contributed by atoms with Crippen LogP contribution in [0.15, 0.2) is 24.3 Å². The first kappa shape index (κ1) is 11.0. The number of aliphatic carboxylic acids is 1. The molecule has 0 aliphatic heterocycles. The number of nitrogen functional groups attached to an aromatic ring is 1. The summed E-state index contributed by atoms with van der Waals surface area (Å²) in [7, 11) is 0. The molecule has 0 radical (unpaired) electrons. The molecule has 0 aliphatic carbocycles. The first-order valence-electron chi connectivity index (χ1n) is 4.40. The number of benzene rings is 1. The van der Waals surface area contributed by atoms with E-state index in [0.717, 1.165) is 0 Å². The summed E-state index contributed by atoms with van der Waals surface area (Å²) in [5, 5.41) is 10.9. The minimum absolute atomic E-state index is 0.350. The van der Waals surface area contributed by atoms with Crippen LogP contribution in [-0.2, 0) is 4.79 Å². The van der Waals surface area contributed by atoms with Crippen molar-refractivity contribution in [2.75, 3.05) is 5.73 Å². The molecular weight excluding hydrogens is 196 g/mol. The molecule has 0 aliphatic rings. The van der Waals surface area contributed by atoms with Gasteiger partial charge < -0.3 is 16.2 Å². The monoisotopic (exact) mass is 208 g/mol. The molecule has 1 atom stereocenters. The summed E-state index contributed by atoms with van der Waals surface area (Å²) in [6.45, 7) is 1.40. The Balaban J connectivity index is 2.73. The van der Waals surface area contributed by atoms with Gasteiger partial charge in [0.1, 0.15) is 6.04 Å². The zero-order valence-corrected chi connectivity index (χ0v) is 8.23. The third kappa shape index (κ3) is 2.98. The van der Waals surface area contributed by atoms with Crippen LogP contribution in [0.5, 0.6) is 0 Å². The maximum atomic E-state index is 11.5. The summed E-state index contributed by atoms with van der Waals surface area (Å²) in [6.07, 6.45) is 0. The summed E-state index contributed by atoms with van der Waals surface area (Å²) in [5.74, 6) is -1.52. The Morgan fingerprint density at radius 2 is 2.13 bits per heavy atom. The van der Waals surface area contributed by atoms with Gasteiger partial charge in [0.25, 0.3) is 5.91 Å². The summed E-state index contributed by atoms with van der Waals surface area (Å²) in [4.78, 5) is 22.0. The lowest BCUT2D eigenvalue weighted by atomic mass is 10.2. The van der Waals surface area contributed by atoms with E-state index in [9.17, 15) is 9.59 Å². The molecule has 0 saturated carbocycles. The highest BCUT2D eigenvalue weighted by atomic mass is 16.4. The molecule has 0 heterocycles. The number of carbonyl (C=O) groups is 2. The zero-order valence-electron chi connectivity index (χ0n) is 8.23. The van der Waals surface area contributed by atoms with Gasteiger partial charge in [-0.05, 0) is 25.1 Å². The topological polar surface area (TPSA) is 92.4 Å². The smallest absolute Gasteiger partial charge is 0.325 e. The number of hydrogen-bond acceptors (Lipinski definition) is 3. The van der Waals surface area contributed by atoms with Crippen LogP contribution < -0.4 is 11.1 Å². The fraction of sp³-hybridized carbons (Fsp3) is 0.200. The van der Waals surface area contributed by atoms with Crippen LogP contribution in [-0.4, -0.2) is 23.0 Å². The molecule has 0 bridgehead atoms. The van der Waals surface area contributed by atoms with Crippen LogP contribution in [0.2, 0.25) is 0 Å². The Labute approximate surface area is 86.9 Å². The highest BCUT2D eigenvalue weighted by Gasteiger charge is 2.14. The largest absolute Gasteiger partial charge is 0.480 e. The molecule has 1 amide bonds. The summed E-state index contributed by atoms with van der Waals surface area (Å²) >= 11 is 0. The van der Waals surface area contributed by atoms with Gasteiger partial charge in [-0.2, -0.15) is 0 Å². The highest BCUT2D eigenvalue weighted by Crippen LogP contribution is 2.06. The van der Waals surface area contributed by atoms with Gasteiger partial charge in [0.2, 0.25) is 0 Å². The van der Waals surface area contributed by atoms with Crippen molar-refractivity contribution < 1.29 is 14.7 Å². The molecule has 0 saturated heterocycles. The Morgan fingerprint density at radius 3 is 2.67 bits per heavy atom. The van der Waals surface area contributed by atoms with E-state index in [4.69, 9.17) is 10.8 Å². The number of rotatable bonds is 3. The average molecular weight is 208 g/mol. The van der Waals surface area contributed by atoms with E-state index in [1.54, 1.807) is 18.2 Å². The standard InChI is InChI=1S/C10H12N2O3/c1-6(10(14)15)12-9(13)7-3-2-4-8(11)5-7/h2-6H,11H2,1H3,(H,12,13)(H,14,15)/t6-/m1/s1. The van der Waals surface area contributed by atoms with E-state index in [2.05, 4.69) is 5.32 Å². The number of amides is 1. The van der Waals surface area contributed by atoms with E-state index in [1.165, 1.54) is 13.0 Å². The Hall–Kier alpha value is -2.04. The Morgan fingerprint density at radius 1 is 1.47 bits per heavy atom. The van der Waals surface area contributed by atoms with Gasteiger partial charge in [-0.25, -0.2) is 0 Å². The second-order valence-electron chi connectivity index (χ2n) is 3.16. The second kappa shape index (κ2) is 4.45. The Kier molecular flexibility index (Phi) is 3.28. The van der Waals surface area contributed by atoms with E-state index < -0.39 is 17.9 Å². The van der Waals surface area contributed by atoms with Crippen molar-refractivity contribution in [3.05, 3.63) is 29.8 Å². The third-order valence-electron chi connectivity index (χ3n) is 1.87. The van der Waals surface area contributed by atoms with Crippen LogP contribution in [0.4, 0.5) is 5.69 Å². The van der Waals surface area contributed by atoms with Gasteiger partial charge in [-0.1, -0.05) is 6.07 Å². The summed E-state index contributed by atoms with van der Waals surface area (Å²) in [5.41, 5.74) is 6.30. The van der Waals surface area contributed by atoms with Crippen LogP contribution in [0.25, 0.3) is 0 Å². The molecule has 5 heteroatoms. The first-order valence-corrected chi connectivity index (χ1v) is 4.40. The normalized spacial score (nSPS) is 11.8. The Bertz CT molecular complexity index is 390. The van der Waals surface area contributed by atoms with Crippen molar-refractivity contribution in [1.29, 1.82) is 0 Å². The lowest BCUT2D eigenvalue weighted by molar-refractivity contribution is -0.138. The molecule has 80 valence electrons. The van der Waals surface area contributed by atoms with Crippen LogP contribution in [0.3, 0.4) is 0 Å². The number of anilines is 1. The van der Waals surface area contributed by atoms with Gasteiger partial charge in [0.15, 0.2) is 0 Å². The van der Waals surface area contributed by atoms with E-state index in [1.807, 2.05) is 0 Å². The molecule has 0 spiro atoms. The van der Waals surface area contributed by atoms with E-state index in [-0.39, 0.29) is 0 Å². The minimum atomic E-state index is -1.08. The van der Waals surface area contributed by atoms with Crippen molar-refractivity contribution >= 4 is 17.6 Å². The van der Waals surface area contributed by atoms with Gasteiger partial charge in [-0.15, -0.1) is 0 Å². The van der Waals surface area contributed by atoms with E-state index >= 15 is 0 Å². The molecule has 0 aromatic heterocycles. The van der Waals surface area contributed by atoms with Crippen molar-refractivity contribution in [2.45, 2.75) is 13.0 Å². The van der Waals surface area contributed by atoms with Crippen molar-refractivity contribution in [3.63, 3.8) is 0 Å². The molecule has 15 heavy (non-hydrogen) atoms. The lowest BCUT2D eigenvalue weighted by Crippen LogP contribution is -2.38. The quantitative estimate of drug-likeness (QED) is 0.629. The van der Waals surface area contributed by atoms with Gasteiger partial charge in [0.05, 0.1) is 0 Å². The van der Waals surface area contributed by atoms with Gasteiger partial charge in [-0.3, -0.25) is 9.59 Å². The lowest BCUT2D eigenvalue weighted by Gasteiger charge is -2.09. The number of hydrogen-bond donors (Lipinski definition) is 3. The number of carbonyl (C=O) groups excluding carboxylic acids is 1. The fourth-order valence-electron chi connectivity index (χ4n) is 1.02. The van der Waals surface area contributed by atoms with Gasteiger partial charge in [0, 0.05) is 11.3 Å². The maximum Gasteiger partial charge on any atom is 0.325 e. The molecule has 5 nitrogen and oxygen atoms in total. The predicted octanol–water partition coefficient (Wildman–Crippen LogP) is 0.472. The number of nitrogens with two attached hydrogens (primary N) is 1. The number of carboxylic acids is 1. The molecule has 0 unspecified atom stereocenters. The van der Waals surface area contributed by atoms with E-state index in [0.29, 0.717) is 11.3 Å². The second-order valence-corrected chi connectivity index (χ2v) is 3.16. The summed E-state index contributed by atoms with van der Waals surface area (Å²) < 4.78 is 0. The first-order chi connectivity index (χ1) is 7.00. The molecule has 1 rings (SSSR count). The van der Waals surface area contributed by atoms with Gasteiger partial charge >= 0.3 is 5.97 Å². The molecule has 0 fully saturated rings. The predicted molar refractivity (Wildman–Crippen MR) is 55.4 cm³/mol. The number of carboxylic acid groups (broad SMARTS) is 1. The molecule has 1 aromatic carbocycles. The number of nitrogens with one attached hydrogen (secondary N) is 1. The minimum Gasteiger partial charge on any atom is -0.480 e. The molecule has 4 N–H and O–H groups in total. The third-order valence-corrected chi connectivity index (χ3v) is 1.87. The fourth-order valence-corrected chi connectivity index (χ4v) is 1.02. The SMILES string of the molecule is C[C@@H](NC(=O)c1cccc(N)c1)C(=O)O. The van der Waals surface area contributed by atoms with Crippen LogP contribution >= 0.6 is 0 Å². The van der Waals surface area contributed by atoms with Crippen molar-refractivity contribution in [1.82, 2.24) is 5.32 Å². The zero-order chi connectivity index (χ0) is 11.4. The average Bonchev–Trinajstić information content (AvgIpc) is 2.17. The van der Waals surface area contributed by atoms with Crippen molar-refractivity contribution in [3.8, 4) is 0 Å². The van der Waals surface area contributed by atoms with Crippen LogP contribution in [0.1, 0.15) is 17.3 Å². The molecular formula is C10H12N2O3. The maximum absolute atomic E-state index is 11.5. The van der Waals surface area contributed by atoms with Crippen LogP contribution in [0, 0.1) is 0 Å².